The van der Waals surface area contributed by atoms with Gasteiger partial charge < -0.3 is 5.32 Å². The van der Waals surface area contributed by atoms with Gasteiger partial charge in [0.2, 0.25) is 0 Å². The predicted molar refractivity (Wildman–Crippen MR) is 66.5 cm³/mol. The zero-order valence-electron chi connectivity index (χ0n) is 9.26. The summed E-state index contributed by atoms with van der Waals surface area (Å²) in [5.74, 6) is 1.01. The van der Waals surface area contributed by atoms with Crippen molar-refractivity contribution in [2.75, 3.05) is 17.6 Å². The molecule has 0 amide bonds. The van der Waals surface area contributed by atoms with E-state index in [1.165, 1.54) is 25.7 Å². The third-order valence-corrected chi connectivity index (χ3v) is 5.20. The molecule has 0 atom stereocenters. The van der Waals surface area contributed by atoms with Gasteiger partial charge in [0.15, 0.2) is 0 Å². The molecule has 1 nitrogen and oxygen atoms in total. The largest absolute Gasteiger partial charge is 0.384 e. The first kappa shape index (κ1) is 10.5. The normalized spacial score (nSPS) is 22.6. The molecule has 1 aromatic carbocycles. The fourth-order valence-electron chi connectivity index (χ4n) is 2.77. The molecule has 0 bridgehead atoms. The van der Waals surface area contributed by atoms with E-state index >= 15 is 0 Å². The van der Waals surface area contributed by atoms with Crippen LogP contribution in [0.2, 0.25) is 0 Å². The van der Waals surface area contributed by atoms with Crippen molar-refractivity contribution in [3.05, 3.63) is 24.0 Å². The highest BCUT2D eigenvalue weighted by atomic mass is 32.2. The Labute approximate surface area is 99.8 Å². The molecule has 0 unspecified atom stereocenters. The molecule has 16 heavy (non-hydrogen) atoms. The minimum atomic E-state index is -0.129. The molecule has 86 valence electrons. The van der Waals surface area contributed by atoms with E-state index in [4.69, 9.17) is 0 Å². The van der Waals surface area contributed by atoms with E-state index in [0.29, 0.717) is 5.41 Å². The van der Waals surface area contributed by atoms with Crippen molar-refractivity contribution in [1.29, 1.82) is 0 Å². The Morgan fingerprint density at radius 1 is 1.25 bits per heavy atom. The van der Waals surface area contributed by atoms with Crippen LogP contribution in [0.4, 0.5) is 10.1 Å². The maximum Gasteiger partial charge on any atom is 0.124 e. The van der Waals surface area contributed by atoms with Gasteiger partial charge in [-0.2, -0.15) is 0 Å². The van der Waals surface area contributed by atoms with E-state index in [-0.39, 0.29) is 5.82 Å². The molecule has 0 radical (unpaired) electrons. The van der Waals surface area contributed by atoms with Crippen LogP contribution in [0.3, 0.4) is 0 Å². The lowest BCUT2D eigenvalue weighted by Crippen LogP contribution is -2.27. The second kappa shape index (κ2) is 3.95. The Balaban J connectivity index is 1.86. The molecule has 3 heteroatoms. The van der Waals surface area contributed by atoms with Gasteiger partial charge >= 0.3 is 0 Å². The third-order valence-electron chi connectivity index (χ3n) is 3.80. The van der Waals surface area contributed by atoms with Gasteiger partial charge in [-0.25, -0.2) is 4.39 Å². The minimum Gasteiger partial charge on any atom is -0.384 e. The molecular weight excluding hydrogens is 221 g/mol. The lowest BCUT2D eigenvalue weighted by atomic mass is 9.88. The van der Waals surface area contributed by atoms with Crippen LogP contribution >= 0.6 is 11.8 Å². The molecule has 1 aromatic rings. The first-order valence-corrected chi connectivity index (χ1v) is 6.92. The van der Waals surface area contributed by atoms with Gasteiger partial charge in [0, 0.05) is 22.9 Å². The summed E-state index contributed by atoms with van der Waals surface area (Å²) in [6, 6.07) is 5.06. The second-order valence-corrected chi connectivity index (χ2v) is 6.01. The molecule has 3 rings (SSSR count). The standard InChI is InChI=1S/C13H16FNS/c14-10-3-4-11-12(7-10)16-9-13(8-15-11)5-1-2-6-13/h3-4,7,15H,1-2,5-6,8-9H2. The third kappa shape index (κ3) is 1.81. The highest BCUT2D eigenvalue weighted by molar-refractivity contribution is 7.99. The number of thioether (sulfide) groups is 1. The summed E-state index contributed by atoms with van der Waals surface area (Å²) in [5, 5.41) is 3.50. The van der Waals surface area contributed by atoms with Crippen LogP contribution in [0.15, 0.2) is 23.1 Å². The van der Waals surface area contributed by atoms with Crippen molar-refractivity contribution in [2.24, 2.45) is 5.41 Å². The Hall–Kier alpha value is -0.700. The number of nitrogens with one attached hydrogen (secondary N) is 1. The second-order valence-electron chi connectivity index (χ2n) is 4.99. The van der Waals surface area contributed by atoms with Crippen LogP contribution in [-0.2, 0) is 0 Å². The van der Waals surface area contributed by atoms with Crippen LogP contribution in [-0.4, -0.2) is 12.3 Å². The number of hydrogen-bond acceptors (Lipinski definition) is 2. The number of fused-ring (bicyclic) bond motifs is 1. The number of anilines is 1. The number of halogens is 1. The zero-order chi connectivity index (χ0) is 11.0. The SMILES string of the molecule is Fc1ccc2c(c1)SCC1(CCCC1)CN2. The lowest BCUT2D eigenvalue weighted by molar-refractivity contribution is 0.373. The molecule has 2 aliphatic rings. The first-order chi connectivity index (χ1) is 7.77. The van der Waals surface area contributed by atoms with Gasteiger partial charge in [-0.15, -0.1) is 11.8 Å². The van der Waals surface area contributed by atoms with Crippen molar-refractivity contribution in [3.8, 4) is 0 Å². The van der Waals surface area contributed by atoms with Gasteiger partial charge in [-0.3, -0.25) is 0 Å². The van der Waals surface area contributed by atoms with E-state index in [1.807, 2.05) is 17.8 Å². The van der Waals surface area contributed by atoms with Crippen LogP contribution in [0.25, 0.3) is 0 Å². The highest BCUT2D eigenvalue weighted by Gasteiger charge is 2.35. The van der Waals surface area contributed by atoms with Crippen LogP contribution < -0.4 is 5.32 Å². The predicted octanol–water partition coefficient (Wildman–Crippen LogP) is 3.90. The van der Waals surface area contributed by atoms with Crippen molar-refractivity contribution in [2.45, 2.75) is 30.6 Å². The molecule has 1 aliphatic carbocycles. The van der Waals surface area contributed by atoms with Crippen molar-refractivity contribution < 1.29 is 4.39 Å². The molecule has 0 aromatic heterocycles. The molecule has 1 saturated carbocycles. The fourth-order valence-corrected chi connectivity index (χ4v) is 4.12. The Morgan fingerprint density at radius 2 is 2.06 bits per heavy atom. The number of rotatable bonds is 0. The van der Waals surface area contributed by atoms with E-state index in [9.17, 15) is 4.39 Å². The summed E-state index contributed by atoms with van der Waals surface area (Å²) in [6.45, 7) is 1.05. The molecule has 1 spiro atoms. The summed E-state index contributed by atoms with van der Waals surface area (Å²) in [7, 11) is 0. The lowest BCUT2D eigenvalue weighted by Gasteiger charge is -2.26. The summed E-state index contributed by atoms with van der Waals surface area (Å²) in [5.41, 5.74) is 1.57. The van der Waals surface area contributed by atoms with E-state index < -0.39 is 0 Å². The maximum absolute atomic E-state index is 13.2. The van der Waals surface area contributed by atoms with Gasteiger partial charge in [0.25, 0.3) is 0 Å². The Kier molecular flexibility index (Phi) is 2.58. The van der Waals surface area contributed by atoms with Crippen molar-refractivity contribution in [3.63, 3.8) is 0 Å². The zero-order valence-corrected chi connectivity index (χ0v) is 10.1. The van der Waals surface area contributed by atoms with Crippen molar-refractivity contribution >= 4 is 17.4 Å². The van der Waals surface area contributed by atoms with E-state index in [0.717, 1.165) is 22.9 Å². The topological polar surface area (TPSA) is 12.0 Å². The molecule has 1 heterocycles. The van der Waals surface area contributed by atoms with Gasteiger partial charge in [-0.1, -0.05) is 12.8 Å². The van der Waals surface area contributed by atoms with Crippen molar-refractivity contribution in [1.82, 2.24) is 0 Å². The van der Waals surface area contributed by atoms with Gasteiger partial charge in [-0.05, 0) is 36.5 Å². The summed E-state index contributed by atoms with van der Waals surface area (Å²) in [4.78, 5) is 1.07. The van der Waals surface area contributed by atoms with Gasteiger partial charge in [0.05, 0.1) is 0 Å². The number of hydrogen-bond donors (Lipinski definition) is 1. The van der Waals surface area contributed by atoms with Crippen LogP contribution in [0.1, 0.15) is 25.7 Å². The molecule has 1 fully saturated rings. The Bertz CT molecular complexity index is 399. The molecule has 1 aliphatic heterocycles. The number of benzene rings is 1. The average Bonchev–Trinajstić information content (AvgIpc) is 2.66. The van der Waals surface area contributed by atoms with E-state index in [2.05, 4.69) is 5.32 Å². The first-order valence-electron chi connectivity index (χ1n) is 5.94. The Morgan fingerprint density at radius 3 is 2.88 bits per heavy atom. The molecular formula is C13H16FNS. The van der Waals surface area contributed by atoms with E-state index in [1.54, 1.807) is 12.1 Å². The monoisotopic (exact) mass is 237 g/mol. The molecule has 0 saturated heterocycles. The average molecular weight is 237 g/mol. The fraction of sp³-hybridized carbons (Fsp3) is 0.538. The summed E-state index contributed by atoms with van der Waals surface area (Å²) in [6.07, 6.45) is 5.35. The highest BCUT2D eigenvalue weighted by Crippen LogP contribution is 2.45. The summed E-state index contributed by atoms with van der Waals surface area (Å²) < 4.78 is 13.2. The van der Waals surface area contributed by atoms with Crippen LogP contribution in [0.5, 0.6) is 0 Å². The quantitative estimate of drug-likeness (QED) is 0.734. The van der Waals surface area contributed by atoms with Crippen LogP contribution in [0, 0.1) is 11.2 Å². The summed E-state index contributed by atoms with van der Waals surface area (Å²) >= 11 is 1.82. The smallest absolute Gasteiger partial charge is 0.124 e. The molecule has 1 N–H and O–H groups in total. The van der Waals surface area contributed by atoms with Gasteiger partial charge in [0.1, 0.15) is 5.82 Å². The minimum absolute atomic E-state index is 0.129. The maximum atomic E-state index is 13.2.